The molecule has 0 aromatic heterocycles. The molecular weight excluding hydrogens is 258 g/mol. The predicted molar refractivity (Wildman–Crippen MR) is 72.7 cm³/mol. The van der Waals surface area contributed by atoms with E-state index in [1.807, 2.05) is 0 Å². The lowest BCUT2D eigenvalue weighted by atomic mass is 9.81. The Labute approximate surface area is 119 Å². The van der Waals surface area contributed by atoms with Crippen molar-refractivity contribution in [2.75, 3.05) is 26.7 Å². The summed E-state index contributed by atoms with van der Waals surface area (Å²) in [6, 6.07) is 2.33. The van der Waals surface area contributed by atoms with Crippen LogP contribution in [0.25, 0.3) is 0 Å². The maximum atomic E-state index is 12.3. The summed E-state index contributed by atoms with van der Waals surface area (Å²) < 4.78 is 0. The van der Waals surface area contributed by atoms with Crippen LogP contribution in [0.2, 0.25) is 0 Å². The van der Waals surface area contributed by atoms with Crippen molar-refractivity contribution in [1.29, 1.82) is 5.26 Å². The van der Waals surface area contributed by atoms with Gasteiger partial charge in [0.05, 0.1) is 24.8 Å². The molecule has 112 valence electrons. The third kappa shape index (κ3) is 2.95. The summed E-state index contributed by atoms with van der Waals surface area (Å²) in [6.45, 7) is 0.759. The standard InChI is InChI=1S/C14H23N3O3/c1-16(14(10-15)5-3-2-4-6-14)13(20)9-17-7-11(18)12(19)8-17/h11-12,18-19H,2-9H2,1H3/t11-,12+. The van der Waals surface area contributed by atoms with Crippen LogP contribution in [0.15, 0.2) is 0 Å². The first-order valence-corrected chi connectivity index (χ1v) is 7.25. The summed E-state index contributed by atoms with van der Waals surface area (Å²) >= 11 is 0. The fourth-order valence-corrected chi connectivity index (χ4v) is 3.17. The van der Waals surface area contributed by atoms with Crippen molar-refractivity contribution in [3.63, 3.8) is 0 Å². The Morgan fingerprint density at radius 3 is 2.35 bits per heavy atom. The molecule has 20 heavy (non-hydrogen) atoms. The van der Waals surface area contributed by atoms with Gasteiger partial charge in [-0.15, -0.1) is 0 Å². The smallest absolute Gasteiger partial charge is 0.237 e. The number of carbonyl (C=O) groups is 1. The van der Waals surface area contributed by atoms with E-state index in [1.165, 1.54) is 0 Å². The number of hydrogen-bond acceptors (Lipinski definition) is 5. The second-order valence-corrected chi connectivity index (χ2v) is 5.99. The zero-order valence-corrected chi connectivity index (χ0v) is 12.0. The molecule has 1 saturated carbocycles. The van der Waals surface area contributed by atoms with E-state index in [9.17, 15) is 20.3 Å². The minimum Gasteiger partial charge on any atom is -0.389 e. The zero-order valence-electron chi connectivity index (χ0n) is 12.0. The Morgan fingerprint density at radius 1 is 1.30 bits per heavy atom. The van der Waals surface area contributed by atoms with Crippen molar-refractivity contribution < 1.29 is 15.0 Å². The summed E-state index contributed by atoms with van der Waals surface area (Å²) in [7, 11) is 1.69. The number of rotatable bonds is 3. The molecule has 1 heterocycles. The molecule has 0 aromatic rings. The molecular formula is C14H23N3O3. The van der Waals surface area contributed by atoms with E-state index in [-0.39, 0.29) is 12.5 Å². The number of nitriles is 1. The molecule has 0 aromatic carbocycles. The highest BCUT2D eigenvalue weighted by molar-refractivity contribution is 5.79. The number of amides is 1. The van der Waals surface area contributed by atoms with Crippen LogP contribution in [0.1, 0.15) is 32.1 Å². The van der Waals surface area contributed by atoms with Gasteiger partial charge in [-0.3, -0.25) is 9.69 Å². The van der Waals surface area contributed by atoms with E-state index in [4.69, 9.17) is 0 Å². The van der Waals surface area contributed by atoms with Crippen molar-refractivity contribution in [3.05, 3.63) is 0 Å². The molecule has 0 spiro atoms. The highest BCUT2D eigenvalue weighted by Crippen LogP contribution is 2.32. The molecule has 2 fully saturated rings. The second-order valence-electron chi connectivity index (χ2n) is 5.99. The Morgan fingerprint density at radius 2 is 1.85 bits per heavy atom. The fourth-order valence-electron chi connectivity index (χ4n) is 3.17. The van der Waals surface area contributed by atoms with Gasteiger partial charge in [0, 0.05) is 20.1 Å². The first-order valence-electron chi connectivity index (χ1n) is 7.25. The molecule has 0 radical (unpaired) electrons. The number of nitrogens with zero attached hydrogens (tertiary/aromatic N) is 3. The van der Waals surface area contributed by atoms with Gasteiger partial charge in [0.15, 0.2) is 0 Å². The normalized spacial score (nSPS) is 29.9. The van der Waals surface area contributed by atoms with E-state index in [2.05, 4.69) is 6.07 Å². The number of likely N-dealkylation sites (tertiary alicyclic amines) is 1. The van der Waals surface area contributed by atoms with Gasteiger partial charge >= 0.3 is 0 Å². The van der Waals surface area contributed by atoms with Crippen LogP contribution < -0.4 is 0 Å². The largest absolute Gasteiger partial charge is 0.389 e. The SMILES string of the molecule is CN(C(=O)CN1C[C@@H](O)[C@@H](O)C1)C1(C#N)CCCCC1. The Bertz CT molecular complexity index is 391. The monoisotopic (exact) mass is 281 g/mol. The number of carbonyl (C=O) groups excluding carboxylic acids is 1. The van der Waals surface area contributed by atoms with Crippen LogP contribution in [-0.4, -0.2) is 70.3 Å². The van der Waals surface area contributed by atoms with Crippen molar-refractivity contribution >= 4 is 5.91 Å². The van der Waals surface area contributed by atoms with Gasteiger partial charge in [-0.05, 0) is 12.8 Å². The zero-order chi connectivity index (χ0) is 14.8. The van der Waals surface area contributed by atoms with Crippen LogP contribution in [0.5, 0.6) is 0 Å². The summed E-state index contributed by atoms with van der Waals surface area (Å²) in [6.07, 6.45) is 2.98. The van der Waals surface area contributed by atoms with E-state index in [0.29, 0.717) is 13.1 Å². The van der Waals surface area contributed by atoms with Crippen LogP contribution in [0.3, 0.4) is 0 Å². The van der Waals surface area contributed by atoms with Gasteiger partial charge in [-0.2, -0.15) is 5.26 Å². The molecule has 1 saturated heterocycles. The van der Waals surface area contributed by atoms with Gasteiger partial charge in [0.2, 0.25) is 5.91 Å². The van der Waals surface area contributed by atoms with Gasteiger partial charge in [0.25, 0.3) is 0 Å². The maximum absolute atomic E-state index is 12.3. The molecule has 2 N–H and O–H groups in total. The van der Waals surface area contributed by atoms with Crippen LogP contribution in [0.4, 0.5) is 0 Å². The van der Waals surface area contributed by atoms with Crippen molar-refractivity contribution in [3.8, 4) is 6.07 Å². The maximum Gasteiger partial charge on any atom is 0.237 e. The number of likely N-dealkylation sites (N-methyl/N-ethyl adjacent to an activating group) is 1. The number of aliphatic hydroxyl groups is 2. The van der Waals surface area contributed by atoms with Gasteiger partial charge in [-0.1, -0.05) is 19.3 Å². The molecule has 1 amide bonds. The minimum atomic E-state index is -0.785. The van der Waals surface area contributed by atoms with Gasteiger partial charge in [0.1, 0.15) is 5.54 Å². The number of aliphatic hydroxyl groups excluding tert-OH is 2. The topological polar surface area (TPSA) is 87.8 Å². The predicted octanol–water partition coefficient (Wildman–Crippen LogP) is -0.291. The summed E-state index contributed by atoms with van der Waals surface area (Å²) in [5.41, 5.74) is -0.674. The number of hydrogen-bond donors (Lipinski definition) is 2. The molecule has 0 unspecified atom stereocenters. The van der Waals surface area contributed by atoms with Crippen LogP contribution >= 0.6 is 0 Å². The third-order valence-electron chi connectivity index (χ3n) is 4.60. The lowest BCUT2D eigenvalue weighted by Gasteiger charge is -2.39. The number of β-amino-alcohol motifs (C(OH)–C–C–N with tert-alkyl or cyclic N) is 2. The van der Waals surface area contributed by atoms with Crippen LogP contribution in [-0.2, 0) is 4.79 Å². The highest BCUT2D eigenvalue weighted by atomic mass is 16.3. The summed E-state index contributed by atoms with van der Waals surface area (Å²) in [5, 5.41) is 28.5. The molecule has 2 aliphatic rings. The molecule has 1 aliphatic carbocycles. The summed E-state index contributed by atoms with van der Waals surface area (Å²) in [5.74, 6) is -0.116. The molecule has 0 bridgehead atoms. The lowest BCUT2D eigenvalue weighted by Crippen LogP contribution is -2.52. The molecule has 1 aliphatic heterocycles. The first kappa shape index (κ1) is 15.2. The van der Waals surface area contributed by atoms with Gasteiger partial charge < -0.3 is 15.1 Å². The average molecular weight is 281 g/mol. The minimum absolute atomic E-state index is 0.116. The Hall–Kier alpha value is -1.16. The van der Waals surface area contributed by atoms with E-state index >= 15 is 0 Å². The molecule has 6 nitrogen and oxygen atoms in total. The van der Waals surface area contributed by atoms with Crippen molar-refractivity contribution in [2.24, 2.45) is 0 Å². The lowest BCUT2D eigenvalue weighted by molar-refractivity contribution is -0.135. The Balaban J connectivity index is 1.96. The van der Waals surface area contributed by atoms with E-state index < -0.39 is 17.7 Å². The quantitative estimate of drug-likeness (QED) is 0.742. The van der Waals surface area contributed by atoms with Crippen molar-refractivity contribution in [1.82, 2.24) is 9.80 Å². The third-order valence-corrected chi connectivity index (χ3v) is 4.60. The van der Waals surface area contributed by atoms with E-state index in [0.717, 1.165) is 32.1 Å². The molecule has 2 rings (SSSR count). The second kappa shape index (κ2) is 6.08. The van der Waals surface area contributed by atoms with Crippen molar-refractivity contribution in [2.45, 2.75) is 49.9 Å². The summed E-state index contributed by atoms with van der Waals surface area (Å²) in [4.78, 5) is 15.7. The molecule has 2 atom stereocenters. The average Bonchev–Trinajstić information content (AvgIpc) is 2.77. The highest BCUT2D eigenvalue weighted by Gasteiger charge is 2.40. The Kier molecular flexibility index (Phi) is 4.63. The van der Waals surface area contributed by atoms with E-state index in [1.54, 1.807) is 16.8 Å². The fraction of sp³-hybridized carbons (Fsp3) is 0.857. The first-order chi connectivity index (χ1) is 9.48. The van der Waals surface area contributed by atoms with Gasteiger partial charge in [-0.25, -0.2) is 0 Å². The molecule has 6 heteroatoms. The van der Waals surface area contributed by atoms with Crippen LogP contribution in [0, 0.1) is 11.3 Å².